The molecule has 1 N–H and O–H groups in total. The van der Waals surface area contributed by atoms with E-state index in [1.54, 1.807) is 0 Å². The van der Waals surface area contributed by atoms with E-state index in [0.717, 1.165) is 12.8 Å². The summed E-state index contributed by atoms with van der Waals surface area (Å²) in [6.45, 7) is 13.7. The van der Waals surface area contributed by atoms with E-state index in [0.29, 0.717) is 5.92 Å². The summed E-state index contributed by atoms with van der Waals surface area (Å²) < 4.78 is 0. The molecule has 1 aliphatic carbocycles. The van der Waals surface area contributed by atoms with Crippen molar-refractivity contribution in [1.82, 2.24) is 0 Å². The van der Waals surface area contributed by atoms with Crippen LogP contribution in [0.1, 0.15) is 83.9 Å². The zero-order valence-electron chi connectivity index (χ0n) is 15.4. The summed E-state index contributed by atoms with van der Waals surface area (Å²) in [5.41, 5.74) is 4.58. The van der Waals surface area contributed by atoms with Gasteiger partial charge in [-0.2, -0.15) is 0 Å². The first-order valence-electron chi connectivity index (χ1n) is 8.90. The number of aliphatic hydroxyl groups is 1. The van der Waals surface area contributed by atoms with Crippen LogP contribution in [0.5, 0.6) is 0 Å². The summed E-state index contributed by atoms with van der Waals surface area (Å²) in [6.07, 6.45) is 5.53. The molecule has 124 valence electrons. The molecule has 0 aliphatic heterocycles. The Morgan fingerprint density at radius 3 is 1.82 bits per heavy atom. The summed E-state index contributed by atoms with van der Waals surface area (Å²) in [4.78, 5) is 0. The van der Waals surface area contributed by atoms with Crippen molar-refractivity contribution in [3.8, 4) is 0 Å². The quantitative estimate of drug-likeness (QED) is 0.778. The van der Waals surface area contributed by atoms with Crippen LogP contribution in [-0.4, -0.2) is 11.2 Å². The molecule has 0 aromatic heterocycles. The lowest BCUT2D eigenvalue weighted by Gasteiger charge is -2.30. The van der Waals surface area contributed by atoms with Crippen LogP contribution in [0.2, 0.25) is 0 Å². The van der Waals surface area contributed by atoms with Gasteiger partial charge in [-0.05, 0) is 52.7 Å². The highest BCUT2D eigenvalue weighted by Crippen LogP contribution is 2.33. The second kappa shape index (κ2) is 6.35. The minimum Gasteiger partial charge on any atom is -0.393 e. The molecule has 0 bridgehead atoms. The van der Waals surface area contributed by atoms with Crippen LogP contribution in [0, 0.1) is 5.92 Å². The average Bonchev–Trinajstić information content (AvgIpc) is 2.39. The van der Waals surface area contributed by atoms with Crippen molar-refractivity contribution in [1.29, 1.82) is 0 Å². The summed E-state index contributed by atoms with van der Waals surface area (Å²) in [5.74, 6) is 0.441. The molecule has 22 heavy (non-hydrogen) atoms. The van der Waals surface area contributed by atoms with Gasteiger partial charge in [-0.1, -0.05) is 72.6 Å². The SMILES string of the molecule is CC(C)(C)c1cc(CC2CCCCC2O)cc(C(C)(C)C)c1. The Bertz CT molecular complexity index is 469. The predicted octanol–water partition coefficient (Wildman–Crippen LogP) is 5.38. The fourth-order valence-corrected chi connectivity index (χ4v) is 3.40. The third kappa shape index (κ3) is 4.35. The molecule has 1 nitrogen and oxygen atoms in total. The summed E-state index contributed by atoms with van der Waals surface area (Å²) in [6, 6.07) is 7.12. The maximum atomic E-state index is 10.3. The molecular weight excluding hydrogens is 268 g/mol. The normalized spacial score (nSPS) is 23.6. The number of hydrogen-bond donors (Lipinski definition) is 1. The van der Waals surface area contributed by atoms with Gasteiger partial charge in [0.2, 0.25) is 0 Å². The van der Waals surface area contributed by atoms with Crippen molar-refractivity contribution < 1.29 is 5.11 Å². The van der Waals surface area contributed by atoms with Crippen molar-refractivity contribution >= 4 is 0 Å². The molecule has 0 saturated heterocycles. The molecule has 0 spiro atoms. The fraction of sp³-hybridized carbons (Fsp3) is 0.714. The molecule has 2 unspecified atom stereocenters. The van der Waals surface area contributed by atoms with Gasteiger partial charge < -0.3 is 5.11 Å². The van der Waals surface area contributed by atoms with Crippen LogP contribution in [-0.2, 0) is 17.3 Å². The van der Waals surface area contributed by atoms with E-state index in [9.17, 15) is 5.11 Å². The van der Waals surface area contributed by atoms with Crippen LogP contribution in [0.3, 0.4) is 0 Å². The van der Waals surface area contributed by atoms with Gasteiger partial charge in [-0.25, -0.2) is 0 Å². The van der Waals surface area contributed by atoms with Crippen LogP contribution in [0.4, 0.5) is 0 Å². The van der Waals surface area contributed by atoms with E-state index in [-0.39, 0.29) is 16.9 Å². The van der Waals surface area contributed by atoms with Crippen LogP contribution >= 0.6 is 0 Å². The van der Waals surface area contributed by atoms with Crippen LogP contribution in [0.25, 0.3) is 0 Å². The topological polar surface area (TPSA) is 20.2 Å². The Kier molecular flexibility index (Phi) is 5.06. The molecule has 1 aromatic carbocycles. The molecule has 2 atom stereocenters. The molecule has 0 radical (unpaired) electrons. The van der Waals surface area contributed by atoms with Gasteiger partial charge >= 0.3 is 0 Å². The van der Waals surface area contributed by atoms with Gasteiger partial charge in [0.05, 0.1) is 6.10 Å². The second-order valence-electron chi connectivity index (χ2n) is 9.23. The molecule has 1 fully saturated rings. The minimum atomic E-state index is -0.106. The van der Waals surface area contributed by atoms with Gasteiger partial charge in [-0.15, -0.1) is 0 Å². The van der Waals surface area contributed by atoms with Gasteiger partial charge in [0.1, 0.15) is 0 Å². The van der Waals surface area contributed by atoms with Gasteiger partial charge in [0.25, 0.3) is 0 Å². The summed E-state index contributed by atoms with van der Waals surface area (Å²) in [7, 11) is 0. The number of benzene rings is 1. The summed E-state index contributed by atoms with van der Waals surface area (Å²) in [5, 5.41) is 10.3. The molecule has 1 heteroatoms. The second-order valence-corrected chi connectivity index (χ2v) is 9.23. The van der Waals surface area contributed by atoms with E-state index < -0.39 is 0 Å². The zero-order valence-corrected chi connectivity index (χ0v) is 15.4. The lowest BCUT2D eigenvalue weighted by molar-refractivity contribution is 0.0700. The van der Waals surface area contributed by atoms with E-state index in [1.807, 2.05) is 0 Å². The third-order valence-electron chi connectivity index (χ3n) is 5.09. The van der Waals surface area contributed by atoms with Crippen LogP contribution < -0.4 is 0 Å². The van der Waals surface area contributed by atoms with Crippen LogP contribution in [0.15, 0.2) is 18.2 Å². The van der Waals surface area contributed by atoms with E-state index >= 15 is 0 Å². The van der Waals surface area contributed by atoms with Crippen molar-refractivity contribution in [2.24, 2.45) is 5.92 Å². The molecule has 1 aliphatic rings. The zero-order chi connectivity index (χ0) is 16.5. The molecule has 1 saturated carbocycles. The van der Waals surface area contributed by atoms with Crippen molar-refractivity contribution in [2.75, 3.05) is 0 Å². The van der Waals surface area contributed by atoms with E-state index in [1.165, 1.54) is 36.0 Å². The molecule has 0 heterocycles. The smallest absolute Gasteiger partial charge is 0.0571 e. The maximum absolute atomic E-state index is 10.3. The van der Waals surface area contributed by atoms with Crippen molar-refractivity contribution in [3.63, 3.8) is 0 Å². The Balaban J connectivity index is 2.33. The first kappa shape index (κ1) is 17.5. The Labute approximate surface area is 137 Å². The number of hydrogen-bond acceptors (Lipinski definition) is 1. The summed E-state index contributed by atoms with van der Waals surface area (Å²) >= 11 is 0. The maximum Gasteiger partial charge on any atom is 0.0571 e. The first-order valence-corrected chi connectivity index (χ1v) is 8.90. The lowest BCUT2D eigenvalue weighted by atomic mass is 9.77. The Hall–Kier alpha value is -0.820. The number of rotatable bonds is 2. The number of aliphatic hydroxyl groups excluding tert-OH is 1. The standard InChI is InChI=1S/C21H34O/c1-20(2,3)17-12-15(13-18(14-17)21(4,5)6)11-16-9-7-8-10-19(16)22/h12-14,16,19,22H,7-11H2,1-6H3. The first-order chi connectivity index (χ1) is 10.1. The van der Waals surface area contributed by atoms with E-state index in [4.69, 9.17) is 0 Å². The highest BCUT2D eigenvalue weighted by Gasteiger charge is 2.25. The molecular formula is C21H34O. The molecule has 2 rings (SSSR count). The van der Waals surface area contributed by atoms with Gasteiger partial charge in [-0.3, -0.25) is 0 Å². The minimum absolute atomic E-state index is 0.106. The Morgan fingerprint density at radius 1 is 0.864 bits per heavy atom. The highest BCUT2D eigenvalue weighted by atomic mass is 16.3. The van der Waals surface area contributed by atoms with Crippen molar-refractivity contribution in [2.45, 2.75) is 90.6 Å². The highest BCUT2D eigenvalue weighted by molar-refractivity contribution is 5.37. The average molecular weight is 303 g/mol. The largest absolute Gasteiger partial charge is 0.393 e. The van der Waals surface area contributed by atoms with Gasteiger partial charge in [0, 0.05) is 0 Å². The molecule has 1 aromatic rings. The Morgan fingerprint density at radius 2 is 1.36 bits per heavy atom. The van der Waals surface area contributed by atoms with Crippen molar-refractivity contribution in [3.05, 3.63) is 34.9 Å². The van der Waals surface area contributed by atoms with Gasteiger partial charge in [0.15, 0.2) is 0 Å². The molecule has 0 amide bonds. The fourth-order valence-electron chi connectivity index (χ4n) is 3.40. The van der Waals surface area contributed by atoms with E-state index in [2.05, 4.69) is 59.7 Å². The third-order valence-corrected chi connectivity index (χ3v) is 5.09. The monoisotopic (exact) mass is 302 g/mol. The lowest BCUT2D eigenvalue weighted by Crippen LogP contribution is -2.26. The predicted molar refractivity (Wildman–Crippen MR) is 95.5 cm³/mol.